The lowest BCUT2D eigenvalue weighted by Crippen LogP contribution is -1.99. The first-order valence-electron chi connectivity index (χ1n) is 4.20. The maximum absolute atomic E-state index is 5.77. The van der Waals surface area contributed by atoms with Crippen LogP contribution in [0.15, 0.2) is 30.5 Å². The molecular weight excluding hydrogens is 198 g/mol. The monoisotopic (exact) mass is 206 g/mol. The van der Waals surface area contributed by atoms with Crippen LogP contribution in [0.3, 0.4) is 0 Å². The van der Waals surface area contributed by atoms with Gasteiger partial charge in [-0.3, -0.25) is 0 Å². The van der Waals surface area contributed by atoms with Crippen molar-refractivity contribution in [3.8, 4) is 0 Å². The Morgan fingerprint density at radius 3 is 2.57 bits per heavy atom. The summed E-state index contributed by atoms with van der Waals surface area (Å²) in [6.07, 6.45) is 1.80. The summed E-state index contributed by atoms with van der Waals surface area (Å²) < 4.78 is 1.74. The third kappa shape index (κ3) is 2.12. The third-order valence-corrected chi connectivity index (χ3v) is 2.10. The van der Waals surface area contributed by atoms with Crippen molar-refractivity contribution in [2.45, 2.75) is 6.54 Å². The summed E-state index contributed by atoms with van der Waals surface area (Å²) in [5, 5.41) is 8.45. The third-order valence-electron chi connectivity index (χ3n) is 1.84. The summed E-state index contributed by atoms with van der Waals surface area (Å²) >= 11 is 5.77. The van der Waals surface area contributed by atoms with Crippen molar-refractivity contribution in [2.24, 2.45) is 0 Å². The van der Waals surface area contributed by atoms with Crippen LogP contribution < -0.4 is 0 Å². The molecule has 0 aliphatic heterocycles. The van der Waals surface area contributed by atoms with Crippen molar-refractivity contribution < 1.29 is 0 Å². The van der Waals surface area contributed by atoms with Crippen LogP contribution in [0.5, 0.6) is 0 Å². The Labute approximate surface area is 87.3 Å². The molecule has 0 amide bonds. The van der Waals surface area contributed by atoms with E-state index in [0.29, 0.717) is 12.2 Å². The number of nitrogens with zero attached hydrogens (tertiary/aromatic N) is 3. The van der Waals surface area contributed by atoms with Gasteiger partial charge in [-0.2, -0.15) is 0 Å². The maximum Gasteiger partial charge on any atom is 0.0831 e. The van der Waals surface area contributed by atoms with Gasteiger partial charge < -0.3 is 0 Å². The Hall–Kier alpha value is -1.35. The second-order valence-electron chi connectivity index (χ2n) is 3.03. The van der Waals surface area contributed by atoms with E-state index < -0.39 is 0 Å². The largest absolute Gasteiger partial charge is 0.248 e. The zero-order chi connectivity index (χ0) is 9.97. The van der Waals surface area contributed by atoms with Gasteiger partial charge in [0.2, 0.25) is 0 Å². The van der Waals surface area contributed by atoms with Crippen LogP contribution in [0.25, 0.3) is 0 Å². The van der Waals surface area contributed by atoms with E-state index in [-0.39, 0.29) is 0 Å². The molecule has 1 aromatic carbocycles. The van der Waals surface area contributed by atoms with Crippen LogP contribution in [0.2, 0.25) is 5.02 Å². The van der Waals surface area contributed by atoms with Gasteiger partial charge in [-0.25, -0.2) is 4.68 Å². The molecular formula is C10H9ClN3. The van der Waals surface area contributed by atoms with Crippen LogP contribution in [0.1, 0.15) is 11.3 Å². The van der Waals surface area contributed by atoms with Gasteiger partial charge in [-0.1, -0.05) is 28.9 Å². The lowest BCUT2D eigenvalue weighted by molar-refractivity contribution is 0.649. The van der Waals surface area contributed by atoms with Crippen LogP contribution in [0, 0.1) is 6.92 Å². The lowest BCUT2D eigenvalue weighted by atomic mass is 10.2. The van der Waals surface area contributed by atoms with E-state index >= 15 is 0 Å². The molecule has 3 nitrogen and oxygen atoms in total. The Morgan fingerprint density at radius 2 is 2.00 bits per heavy atom. The molecule has 0 saturated carbocycles. The van der Waals surface area contributed by atoms with Crippen LogP contribution in [-0.4, -0.2) is 15.0 Å². The summed E-state index contributed by atoms with van der Waals surface area (Å²) in [4.78, 5) is 0. The molecule has 0 unspecified atom stereocenters. The van der Waals surface area contributed by atoms with Gasteiger partial charge in [0, 0.05) is 11.2 Å². The Kier molecular flexibility index (Phi) is 2.50. The highest BCUT2D eigenvalue weighted by molar-refractivity contribution is 6.30. The smallest absolute Gasteiger partial charge is 0.0831 e. The summed E-state index contributed by atoms with van der Waals surface area (Å²) in [6, 6.07) is 7.65. The Balaban J connectivity index is 2.15. The van der Waals surface area contributed by atoms with Gasteiger partial charge in [0.05, 0.1) is 12.2 Å². The minimum absolute atomic E-state index is 0.680. The average molecular weight is 207 g/mol. The SMILES string of the molecule is [CH2]c1cn(Cc2ccc(Cl)cc2)nn1. The van der Waals surface area contributed by atoms with Gasteiger partial charge in [0.25, 0.3) is 0 Å². The second kappa shape index (κ2) is 3.80. The molecule has 0 fully saturated rings. The first kappa shape index (κ1) is 9.21. The molecule has 1 radical (unpaired) electrons. The fourth-order valence-electron chi connectivity index (χ4n) is 1.19. The van der Waals surface area contributed by atoms with Crippen molar-refractivity contribution in [1.82, 2.24) is 15.0 Å². The molecule has 2 rings (SSSR count). The fourth-order valence-corrected chi connectivity index (χ4v) is 1.32. The van der Waals surface area contributed by atoms with Crippen molar-refractivity contribution in [3.05, 3.63) is 53.7 Å². The van der Waals surface area contributed by atoms with E-state index in [2.05, 4.69) is 17.2 Å². The highest BCUT2D eigenvalue weighted by atomic mass is 35.5. The molecule has 4 heteroatoms. The summed E-state index contributed by atoms with van der Waals surface area (Å²) in [6.45, 7) is 4.38. The first-order valence-corrected chi connectivity index (χ1v) is 4.58. The molecule has 0 saturated heterocycles. The molecule has 2 aromatic rings. The molecule has 0 atom stereocenters. The van der Waals surface area contributed by atoms with Crippen molar-refractivity contribution >= 4 is 11.6 Å². The first-order chi connectivity index (χ1) is 6.74. The molecule has 0 bridgehead atoms. The molecule has 71 valence electrons. The van der Waals surface area contributed by atoms with Gasteiger partial charge in [-0.15, -0.1) is 5.10 Å². The number of benzene rings is 1. The van der Waals surface area contributed by atoms with Gasteiger partial charge >= 0.3 is 0 Å². The van der Waals surface area contributed by atoms with Crippen LogP contribution in [0.4, 0.5) is 0 Å². The van der Waals surface area contributed by atoms with E-state index in [1.807, 2.05) is 24.3 Å². The molecule has 0 spiro atoms. The summed E-state index contributed by atoms with van der Waals surface area (Å²) in [7, 11) is 0. The van der Waals surface area contributed by atoms with Crippen molar-refractivity contribution in [1.29, 1.82) is 0 Å². The van der Waals surface area contributed by atoms with E-state index in [4.69, 9.17) is 11.6 Å². The van der Waals surface area contributed by atoms with E-state index in [0.717, 1.165) is 10.6 Å². The van der Waals surface area contributed by atoms with Gasteiger partial charge in [0.1, 0.15) is 0 Å². The predicted octanol–water partition coefficient (Wildman–Crippen LogP) is 2.16. The number of aromatic nitrogens is 3. The number of rotatable bonds is 2. The minimum atomic E-state index is 0.680. The number of hydrogen-bond donors (Lipinski definition) is 0. The quantitative estimate of drug-likeness (QED) is 0.754. The van der Waals surface area contributed by atoms with E-state index in [9.17, 15) is 0 Å². The van der Waals surface area contributed by atoms with Crippen LogP contribution >= 0.6 is 11.6 Å². The maximum atomic E-state index is 5.77. The van der Waals surface area contributed by atoms with Crippen molar-refractivity contribution in [3.63, 3.8) is 0 Å². The van der Waals surface area contributed by atoms with Crippen LogP contribution in [-0.2, 0) is 6.54 Å². The molecule has 0 aliphatic rings. The predicted molar refractivity (Wildman–Crippen MR) is 55.0 cm³/mol. The highest BCUT2D eigenvalue weighted by Gasteiger charge is 1.97. The standard InChI is InChI=1S/C10H9ClN3/c1-8-6-14(13-12-8)7-9-2-4-10(11)5-3-9/h2-6H,1,7H2. The molecule has 1 aromatic heterocycles. The Morgan fingerprint density at radius 1 is 1.29 bits per heavy atom. The normalized spacial score (nSPS) is 10.4. The molecule has 1 heterocycles. The summed E-state index contributed by atoms with van der Waals surface area (Å²) in [5.74, 6) is 0. The lowest BCUT2D eigenvalue weighted by Gasteiger charge is -2.00. The second-order valence-corrected chi connectivity index (χ2v) is 3.47. The van der Waals surface area contributed by atoms with E-state index in [1.165, 1.54) is 0 Å². The topological polar surface area (TPSA) is 30.7 Å². The van der Waals surface area contributed by atoms with Crippen molar-refractivity contribution in [2.75, 3.05) is 0 Å². The minimum Gasteiger partial charge on any atom is -0.248 e. The zero-order valence-electron chi connectivity index (χ0n) is 7.52. The number of halogens is 1. The summed E-state index contributed by atoms with van der Waals surface area (Å²) in [5.41, 5.74) is 1.82. The molecule has 0 aliphatic carbocycles. The zero-order valence-corrected chi connectivity index (χ0v) is 8.28. The van der Waals surface area contributed by atoms with Gasteiger partial charge in [-0.05, 0) is 24.6 Å². The van der Waals surface area contributed by atoms with E-state index in [1.54, 1.807) is 10.9 Å². The highest BCUT2D eigenvalue weighted by Crippen LogP contribution is 2.10. The molecule has 0 N–H and O–H groups in total. The van der Waals surface area contributed by atoms with Gasteiger partial charge in [0.15, 0.2) is 0 Å². The fraction of sp³-hybridized carbons (Fsp3) is 0.100. The average Bonchev–Trinajstić information content (AvgIpc) is 2.56. The number of hydrogen-bond acceptors (Lipinski definition) is 2. The molecule has 14 heavy (non-hydrogen) atoms. The Bertz CT molecular complexity index is 419.